The van der Waals surface area contributed by atoms with E-state index < -0.39 is 103 Å². The Labute approximate surface area is 312 Å². The zero-order valence-corrected chi connectivity index (χ0v) is 31.3. The Morgan fingerprint density at radius 3 is 1.62 bits per heavy atom. The van der Waals surface area contributed by atoms with E-state index in [1.54, 1.807) is 6.26 Å². The van der Waals surface area contributed by atoms with Gasteiger partial charge in [-0.25, -0.2) is 0 Å². The molecular weight excluding hydrogens is 720 g/mol. The molecule has 0 fully saturated rings. The molecule has 0 saturated heterocycles. The molecule has 21 heteroatoms. The summed E-state index contributed by atoms with van der Waals surface area (Å²) in [6, 6.07) is -7.67. The number of thioether (sulfide) groups is 1. The second kappa shape index (κ2) is 27.2. The molecule has 0 spiro atoms. The quantitative estimate of drug-likeness (QED) is 0.0342. The van der Waals surface area contributed by atoms with Gasteiger partial charge in [0, 0.05) is 25.8 Å². The van der Waals surface area contributed by atoms with Crippen LogP contribution in [0.4, 0.5) is 0 Å². The van der Waals surface area contributed by atoms with Gasteiger partial charge in [0.1, 0.15) is 30.2 Å². The van der Waals surface area contributed by atoms with Gasteiger partial charge in [-0.15, -0.1) is 0 Å². The highest BCUT2D eigenvalue weighted by molar-refractivity contribution is 7.98. The first-order valence-electron chi connectivity index (χ1n) is 17.3. The zero-order chi connectivity index (χ0) is 40.5. The summed E-state index contributed by atoms with van der Waals surface area (Å²) < 4.78 is 0. The number of rotatable bonds is 29. The molecule has 6 atom stereocenters. The molecule has 302 valence electrons. The summed E-state index contributed by atoms with van der Waals surface area (Å²) >= 11 is 1.35. The number of carboxylic acid groups (broad SMARTS) is 2. The van der Waals surface area contributed by atoms with E-state index >= 15 is 0 Å². The first-order valence-corrected chi connectivity index (χ1v) is 18.7. The monoisotopic (exact) mass is 776 g/mol. The van der Waals surface area contributed by atoms with Gasteiger partial charge >= 0.3 is 11.9 Å². The molecule has 0 aliphatic heterocycles. The third kappa shape index (κ3) is 22.2. The summed E-state index contributed by atoms with van der Waals surface area (Å²) in [6.45, 7) is 2.00. The highest BCUT2D eigenvalue weighted by atomic mass is 32.2. The Balaban J connectivity index is 5.51. The van der Waals surface area contributed by atoms with Crippen molar-refractivity contribution in [2.75, 3.05) is 25.2 Å². The maximum atomic E-state index is 13.3. The number of unbranched alkanes of at least 4 members (excludes halogenated alkanes) is 4. The largest absolute Gasteiger partial charge is 0.481 e. The summed E-state index contributed by atoms with van der Waals surface area (Å²) in [5.41, 5.74) is 10.8. The SMILES string of the molecule is CSCC[C@H](NC(=O)[C@H](C)NC(=O)[C@H](CCC(=O)O)NC(=O)[C@H](C)N)C(=O)N[C@@H](CO)C(=O)N[C@@H](CCC(N)=O)C(=O)NCCCCCCCC(=O)O. The van der Waals surface area contributed by atoms with Crippen LogP contribution in [0.15, 0.2) is 0 Å². The summed E-state index contributed by atoms with van der Waals surface area (Å²) in [6.07, 6.45) is 4.02. The van der Waals surface area contributed by atoms with Gasteiger partial charge in [0.2, 0.25) is 41.4 Å². The molecule has 0 heterocycles. The van der Waals surface area contributed by atoms with E-state index in [0.29, 0.717) is 18.6 Å². The van der Waals surface area contributed by atoms with E-state index in [1.165, 1.54) is 25.6 Å². The second-order valence-electron chi connectivity index (χ2n) is 12.4. The Morgan fingerprint density at radius 1 is 0.585 bits per heavy atom. The van der Waals surface area contributed by atoms with Crippen LogP contribution < -0.4 is 43.4 Å². The molecule has 0 aromatic carbocycles. The topological polar surface area (TPSA) is 339 Å². The molecule has 20 nitrogen and oxygen atoms in total. The number of nitrogens with two attached hydrogens (primary N) is 2. The van der Waals surface area contributed by atoms with Gasteiger partial charge in [0.05, 0.1) is 12.6 Å². The van der Waals surface area contributed by atoms with Crippen LogP contribution in [0.5, 0.6) is 0 Å². The number of hydrogen-bond donors (Lipinski definition) is 11. The number of carbonyl (C=O) groups is 9. The van der Waals surface area contributed by atoms with Crippen LogP contribution in [-0.4, -0.2) is 130 Å². The predicted octanol–water partition coefficient (Wildman–Crippen LogP) is -2.81. The number of nitrogens with one attached hydrogen (secondary N) is 6. The third-order valence-electron chi connectivity index (χ3n) is 7.68. The van der Waals surface area contributed by atoms with Gasteiger partial charge in [-0.1, -0.05) is 19.3 Å². The lowest BCUT2D eigenvalue weighted by atomic mass is 10.1. The minimum atomic E-state index is -1.58. The van der Waals surface area contributed by atoms with Crippen molar-refractivity contribution in [2.24, 2.45) is 11.5 Å². The van der Waals surface area contributed by atoms with E-state index in [2.05, 4.69) is 31.9 Å². The van der Waals surface area contributed by atoms with Gasteiger partial charge in [-0.3, -0.25) is 43.2 Å². The lowest BCUT2D eigenvalue weighted by molar-refractivity contribution is -0.138. The Morgan fingerprint density at radius 2 is 1.06 bits per heavy atom. The highest BCUT2D eigenvalue weighted by Gasteiger charge is 2.31. The van der Waals surface area contributed by atoms with Crippen LogP contribution in [-0.2, 0) is 43.2 Å². The average Bonchev–Trinajstić information content (AvgIpc) is 3.08. The summed E-state index contributed by atoms with van der Waals surface area (Å²) in [5, 5.41) is 42.3. The van der Waals surface area contributed by atoms with E-state index in [9.17, 15) is 48.3 Å². The average molecular weight is 777 g/mol. The Hall–Kier alpha value is -4.50. The van der Waals surface area contributed by atoms with Gasteiger partial charge < -0.3 is 58.7 Å². The first kappa shape index (κ1) is 48.5. The fraction of sp³-hybridized carbons (Fsp3) is 0.719. The van der Waals surface area contributed by atoms with Crippen molar-refractivity contribution in [2.45, 2.75) is 121 Å². The maximum Gasteiger partial charge on any atom is 0.303 e. The Kier molecular flexibility index (Phi) is 24.8. The number of aliphatic hydroxyl groups excluding tert-OH is 1. The molecule has 0 aliphatic carbocycles. The molecule has 0 aliphatic rings. The van der Waals surface area contributed by atoms with Crippen LogP contribution in [0, 0.1) is 0 Å². The van der Waals surface area contributed by atoms with Crippen molar-refractivity contribution in [3.05, 3.63) is 0 Å². The number of aliphatic hydroxyl groups is 1. The standard InChI is InChI=1S/C32H56N8O12S/c1-18(33)27(47)37-21(11-13-26(45)46)30(50)36-19(2)28(48)38-22(14-16-53-3)31(51)40-23(17-41)32(52)39-20(10-12-24(34)42)29(49)35-15-8-6-4-5-7-9-25(43)44/h18-23,41H,4-17,33H2,1-3H3,(H2,34,42)(H,35,49)(H,36,50)(H,37,47)(H,38,48)(H,39,52)(H,40,51)(H,43,44)(H,45,46)/t18-,19-,20-,21-,22-,23-/m0/s1. The van der Waals surface area contributed by atoms with E-state index in [1.807, 2.05) is 0 Å². The van der Waals surface area contributed by atoms with E-state index in [-0.39, 0.29) is 38.6 Å². The molecule has 0 unspecified atom stereocenters. The molecule has 0 radical (unpaired) electrons. The number of hydrogen-bond acceptors (Lipinski definition) is 12. The summed E-state index contributed by atoms with van der Waals surface area (Å²) in [4.78, 5) is 110. The summed E-state index contributed by atoms with van der Waals surface area (Å²) in [5.74, 6) is -7.32. The molecular formula is C32H56N8O12S. The van der Waals surface area contributed by atoms with Crippen LogP contribution in [0.2, 0.25) is 0 Å². The van der Waals surface area contributed by atoms with E-state index in [4.69, 9.17) is 21.7 Å². The fourth-order valence-electron chi connectivity index (χ4n) is 4.58. The molecule has 0 aromatic rings. The van der Waals surface area contributed by atoms with Crippen LogP contribution in [0.25, 0.3) is 0 Å². The molecule has 0 bridgehead atoms. The number of carbonyl (C=O) groups excluding carboxylic acids is 7. The molecule has 0 saturated carbocycles. The van der Waals surface area contributed by atoms with Crippen LogP contribution >= 0.6 is 11.8 Å². The number of amides is 7. The zero-order valence-electron chi connectivity index (χ0n) is 30.4. The lowest BCUT2D eigenvalue weighted by Crippen LogP contribution is -2.59. The van der Waals surface area contributed by atoms with Crippen LogP contribution in [0.3, 0.4) is 0 Å². The third-order valence-corrected chi connectivity index (χ3v) is 8.33. The second-order valence-corrected chi connectivity index (χ2v) is 13.4. The van der Waals surface area contributed by atoms with Crippen molar-refractivity contribution in [1.82, 2.24) is 31.9 Å². The summed E-state index contributed by atoms with van der Waals surface area (Å²) in [7, 11) is 0. The highest BCUT2D eigenvalue weighted by Crippen LogP contribution is 2.07. The minimum Gasteiger partial charge on any atom is -0.481 e. The van der Waals surface area contributed by atoms with Gasteiger partial charge in [0.15, 0.2) is 0 Å². The predicted molar refractivity (Wildman–Crippen MR) is 193 cm³/mol. The van der Waals surface area contributed by atoms with Crippen molar-refractivity contribution < 1.29 is 58.5 Å². The van der Waals surface area contributed by atoms with Gasteiger partial charge in [0.25, 0.3) is 0 Å². The molecule has 0 aromatic heterocycles. The van der Waals surface area contributed by atoms with Crippen molar-refractivity contribution in [1.29, 1.82) is 0 Å². The maximum absolute atomic E-state index is 13.3. The van der Waals surface area contributed by atoms with E-state index in [0.717, 1.165) is 19.3 Å². The van der Waals surface area contributed by atoms with Crippen molar-refractivity contribution >= 4 is 65.1 Å². The molecule has 7 amide bonds. The lowest BCUT2D eigenvalue weighted by Gasteiger charge is -2.25. The Bertz CT molecular complexity index is 1250. The molecule has 0 rings (SSSR count). The van der Waals surface area contributed by atoms with Gasteiger partial charge in [-0.05, 0) is 58.0 Å². The smallest absolute Gasteiger partial charge is 0.303 e. The number of carboxylic acids is 2. The minimum absolute atomic E-state index is 0.0635. The number of aliphatic carboxylic acids is 2. The van der Waals surface area contributed by atoms with Gasteiger partial charge in [-0.2, -0.15) is 11.8 Å². The molecule has 53 heavy (non-hydrogen) atoms. The van der Waals surface area contributed by atoms with Crippen molar-refractivity contribution in [3.63, 3.8) is 0 Å². The first-order chi connectivity index (χ1) is 24.9. The van der Waals surface area contributed by atoms with Crippen molar-refractivity contribution in [3.8, 4) is 0 Å². The van der Waals surface area contributed by atoms with Crippen LogP contribution in [0.1, 0.15) is 84.5 Å². The molecule has 13 N–H and O–H groups in total. The number of primary amides is 1. The normalized spacial score (nSPS) is 14.2. The fourth-order valence-corrected chi connectivity index (χ4v) is 5.05.